The van der Waals surface area contributed by atoms with E-state index in [1.165, 1.54) is 16.1 Å². The normalized spacial score (nSPS) is 18.1. The lowest BCUT2D eigenvalue weighted by molar-refractivity contribution is 0.173. The largest absolute Gasteiger partial charge is 0.364 e. The van der Waals surface area contributed by atoms with Crippen molar-refractivity contribution in [1.82, 2.24) is 15.1 Å². The molecule has 2 aromatic rings. The third-order valence-corrected chi connectivity index (χ3v) is 6.25. The van der Waals surface area contributed by atoms with Crippen molar-refractivity contribution in [2.45, 2.75) is 13.1 Å². The molecule has 0 aliphatic carbocycles. The first-order chi connectivity index (χ1) is 13.8. The highest BCUT2D eigenvalue weighted by atomic mass is 32.1. The molecule has 2 aliphatic rings. The number of guanidine groups is 1. The van der Waals surface area contributed by atoms with Gasteiger partial charge in [0, 0.05) is 70.0 Å². The molecule has 1 saturated heterocycles. The van der Waals surface area contributed by atoms with Gasteiger partial charge in [0.1, 0.15) is 0 Å². The molecule has 28 heavy (non-hydrogen) atoms. The van der Waals surface area contributed by atoms with Crippen molar-refractivity contribution in [1.29, 1.82) is 0 Å². The second-order valence-electron chi connectivity index (χ2n) is 7.29. The Labute approximate surface area is 172 Å². The van der Waals surface area contributed by atoms with Crippen LogP contribution in [-0.2, 0) is 13.1 Å². The first-order valence-corrected chi connectivity index (χ1v) is 10.9. The minimum absolute atomic E-state index is 0.803. The zero-order valence-corrected chi connectivity index (χ0v) is 17.4. The minimum Gasteiger partial charge on any atom is -0.364 e. The summed E-state index contributed by atoms with van der Waals surface area (Å²) in [7, 11) is 1.88. The molecule has 148 valence electrons. The fourth-order valence-electron chi connectivity index (χ4n) is 3.81. The summed E-state index contributed by atoms with van der Waals surface area (Å²) in [5.74, 6) is 1.00. The quantitative estimate of drug-likeness (QED) is 0.479. The van der Waals surface area contributed by atoms with E-state index in [2.05, 4.69) is 78.9 Å². The highest BCUT2D eigenvalue weighted by molar-refractivity contribution is 7.09. The molecule has 4 rings (SSSR count). The Hall–Kier alpha value is -2.31. The number of hydrogen-bond donors (Lipinski definition) is 1. The highest BCUT2D eigenvalue weighted by Crippen LogP contribution is 2.18. The summed E-state index contributed by atoms with van der Waals surface area (Å²) in [6, 6.07) is 13.2. The van der Waals surface area contributed by atoms with Crippen LogP contribution in [0.4, 0.5) is 5.69 Å². The van der Waals surface area contributed by atoms with Crippen LogP contribution in [0.2, 0.25) is 0 Å². The van der Waals surface area contributed by atoms with E-state index in [1.807, 2.05) is 18.4 Å². The maximum atomic E-state index is 4.52. The molecular formula is C22H29N5S. The molecule has 0 atom stereocenters. The number of aliphatic imine (C=N–C) groups is 1. The van der Waals surface area contributed by atoms with Crippen LogP contribution in [0.5, 0.6) is 0 Å². The van der Waals surface area contributed by atoms with Gasteiger partial charge >= 0.3 is 0 Å². The fraction of sp³-hybridized carbons (Fsp3) is 0.409. The van der Waals surface area contributed by atoms with Crippen molar-refractivity contribution in [3.63, 3.8) is 0 Å². The van der Waals surface area contributed by atoms with E-state index in [9.17, 15) is 0 Å². The van der Waals surface area contributed by atoms with Gasteiger partial charge in [0.15, 0.2) is 5.96 Å². The molecule has 0 unspecified atom stereocenters. The molecule has 1 N–H and O–H groups in total. The molecule has 6 heteroatoms. The lowest BCUT2D eigenvalue weighted by atomic mass is 10.2. The Balaban J connectivity index is 1.28. The molecule has 1 aromatic heterocycles. The molecule has 0 amide bonds. The van der Waals surface area contributed by atoms with E-state index >= 15 is 0 Å². The summed E-state index contributed by atoms with van der Waals surface area (Å²) in [4.78, 5) is 13.3. The van der Waals surface area contributed by atoms with E-state index in [1.54, 1.807) is 0 Å². The van der Waals surface area contributed by atoms with Crippen LogP contribution in [0.1, 0.15) is 10.4 Å². The van der Waals surface area contributed by atoms with Crippen LogP contribution >= 0.6 is 11.3 Å². The van der Waals surface area contributed by atoms with Gasteiger partial charge in [0.2, 0.25) is 0 Å². The number of nitrogens with one attached hydrogen (secondary N) is 1. The van der Waals surface area contributed by atoms with Gasteiger partial charge in [-0.25, -0.2) is 0 Å². The average Bonchev–Trinajstić information content (AvgIpc) is 3.44. The Morgan fingerprint density at radius 2 is 1.89 bits per heavy atom. The molecule has 0 radical (unpaired) electrons. The van der Waals surface area contributed by atoms with Crippen molar-refractivity contribution in [3.8, 4) is 0 Å². The molecular weight excluding hydrogens is 366 g/mol. The summed E-state index contributed by atoms with van der Waals surface area (Å²) in [6.07, 6.45) is 4.45. The van der Waals surface area contributed by atoms with E-state index in [-0.39, 0.29) is 0 Å². The van der Waals surface area contributed by atoms with Crippen molar-refractivity contribution in [2.75, 3.05) is 51.2 Å². The van der Waals surface area contributed by atoms with Gasteiger partial charge in [-0.1, -0.05) is 30.4 Å². The topological polar surface area (TPSA) is 34.1 Å². The third kappa shape index (κ3) is 4.75. The van der Waals surface area contributed by atoms with Gasteiger partial charge in [0.05, 0.1) is 0 Å². The molecule has 5 nitrogen and oxygen atoms in total. The zero-order valence-electron chi connectivity index (χ0n) is 16.6. The molecule has 0 saturated carbocycles. The summed E-state index contributed by atoms with van der Waals surface area (Å²) in [6.45, 7) is 8.08. The van der Waals surface area contributed by atoms with Gasteiger partial charge in [0.25, 0.3) is 0 Å². The molecule has 1 fully saturated rings. The fourth-order valence-corrected chi connectivity index (χ4v) is 4.55. The van der Waals surface area contributed by atoms with E-state index in [0.29, 0.717) is 0 Å². The van der Waals surface area contributed by atoms with Crippen LogP contribution in [0, 0.1) is 0 Å². The molecule has 1 aromatic carbocycles. The standard InChI is InChI=1S/C22H29N5S/c1-23-22(27-13-11-25(12-14-27)18-21-8-5-15-28-21)24-17-19-6-4-7-20(16-19)26-9-2-3-10-26/h2-8,15-16H,9-14,17-18H2,1H3,(H,23,24). The van der Waals surface area contributed by atoms with Gasteiger partial charge in [-0.05, 0) is 29.1 Å². The lowest BCUT2D eigenvalue weighted by Crippen LogP contribution is -2.51. The zero-order chi connectivity index (χ0) is 19.2. The summed E-state index contributed by atoms with van der Waals surface area (Å²) >= 11 is 1.85. The maximum absolute atomic E-state index is 4.52. The number of hydrogen-bond acceptors (Lipinski definition) is 4. The van der Waals surface area contributed by atoms with Crippen molar-refractivity contribution >= 4 is 23.0 Å². The van der Waals surface area contributed by atoms with Crippen LogP contribution in [0.15, 0.2) is 58.9 Å². The molecule has 0 spiro atoms. The highest BCUT2D eigenvalue weighted by Gasteiger charge is 2.19. The van der Waals surface area contributed by atoms with E-state index < -0.39 is 0 Å². The predicted octanol–water partition coefficient (Wildman–Crippen LogP) is 3.02. The number of piperazine rings is 1. The van der Waals surface area contributed by atoms with Crippen LogP contribution in [-0.4, -0.2) is 62.1 Å². The van der Waals surface area contributed by atoms with Crippen LogP contribution in [0.3, 0.4) is 0 Å². The van der Waals surface area contributed by atoms with Gasteiger partial charge in [-0.3, -0.25) is 9.89 Å². The molecule has 2 aliphatic heterocycles. The molecule has 0 bridgehead atoms. The smallest absolute Gasteiger partial charge is 0.194 e. The van der Waals surface area contributed by atoms with E-state index in [0.717, 1.165) is 58.3 Å². The number of rotatable bonds is 5. The van der Waals surface area contributed by atoms with Crippen molar-refractivity contribution in [2.24, 2.45) is 4.99 Å². The first-order valence-electron chi connectivity index (χ1n) is 10.0. The summed E-state index contributed by atoms with van der Waals surface area (Å²) in [5.41, 5.74) is 2.59. The second kappa shape index (κ2) is 9.26. The number of nitrogens with zero attached hydrogens (tertiary/aromatic N) is 4. The maximum Gasteiger partial charge on any atom is 0.194 e. The SMILES string of the molecule is CN=C(NCc1cccc(N2CC=CC2)c1)N1CCN(Cc2cccs2)CC1. The Kier molecular flexibility index (Phi) is 6.29. The first kappa shape index (κ1) is 19.0. The van der Waals surface area contributed by atoms with E-state index in [4.69, 9.17) is 0 Å². The number of benzene rings is 1. The Morgan fingerprint density at radius 3 is 2.61 bits per heavy atom. The van der Waals surface area contributed by atoms with Crippen LogP contribution < -0.4 is 10.2 Å². The summed E-state index contributed by atoms with van der Waals surface area (Å²) in [5, 5.41) is 5.72. The third-order valence-electron chi connectivity index (χ3n) is 5.39. The second-order valence-corrected chi connectivity index (χ2v) is 8.32. The van der Waals surface area contributed by atoms with Crippen molar-refractivity contribution < 1.29 is 0 Å². The summed E-state index contributed by atoms with van der Waals surface area (Å²) < 4.78 is 0. The van der Waals surface area contributed by atoms with Gasteiger partial charge in [-0.2, -0.15) is 0 Å². The van der Waals surface area contributed by atoms with Crippen LogP contribution in [0.25, 0.3) is 0 Å². The number of thiophene rings is 1. The minimum atomic E-state index is 0.803. The number of anilines is 1. The predicted molar refractivity (Wildman–Crippen MR) is 119 cm³/mol. The average molecular weight is 396 g/mol. The lowest BCUT2D eigenvalue weighted by Gasteiger charge is -2.36. The van der Waals surface area contributed by atoms with Gasteiger partial charge < -0.3 is 15.1 Å². The van der Waals surface area contributed by atoms with Crippen molar-refractivity contribution in [3.05, 3.63) is 64.4 Å². The molecule has 3 heterocycles. The Morgan fingerprint density at radius 1 is 1.07 bits per heavy atom. The monoisotopic (exact) mass is 395 g/mol. The van der Waals surface area contributed by atoms with Gasteiger partial charge in [-0.15, -0.1) is 11.3 Å². The Bertz CT molecular complexity index is 798.